The van der Waals surface area contributed by atoms with E-state index in [9.17, 15) is 4.79 Å². The second kappa shape index (κ2) is 9.86. The Labute approximate surface area is 206 Å². The summed E-state index contributed by atoms with van der Waals surface area (Å²) >= 11 is 1.50. The van der Waals surface area contributed by atoms with Crippen molar-refractivity contribution in [1.82, 2.24) is 24.5 Å². The molecule has 1 N–H and O–H groups in total. The van der Waals surface area contributed by atoms with Gasteiger partial charge in [0.2, 0.25) is 0 Å². The average Bonchev–Trinajstić information content (AvgIpc) is 3.52. The minimum Gasteiger partial charge on any atom is -0.497 e. The van der Waals surface area contributed by atoms with Crippen molar-refractivity contribution >= 4 is 23.4 Å². The first-order valence-corrected chi connectivity index (χ1v) is 11.6. The van der Waals surface area contributed by atoms with E-state index in [1.807, 2.05) is 90.5 Å². The summed E-state index contributed by atoms with van der Waals surface area (Å²) in [5.74, 6) is 0.442. The van der Waals surface area contributed by atoms with Gasteiger partial charge < -0.3 is 14.6 Å². The van der Waals surface area contributed by atoms with Crippen LogP contribution in [0, 0.1) is 0 Å². The summed E-state index contributed by atoms with van der Waals surface area (Å²) in [7, 11) is 3.51. The molecule has 0 aliphatic rings. The van der Waals surface area contributed by atoms with Gasteiger partial charge in [-0.2, -0.15) is 5.10 Å². The highest BCUT2D eigenvalue weighted by atomic mass is 32.2. The van der Waals surface area contributed by atoms with Crippen molar-refractivity contribution in [2.75, 3.05) is 12.4 Å². The predicted molar refractivity (Wildman–Crippen MR) is 135 cm³/mol. The number of anilines is 1. The smallest absolute Gasteiger partial charge is 0.259 e. The molecule has 35 heavy (non-hydrogen) atoms. The maximum Gasteiger partial charge on any atom is 0.259 e. The number of benzene rings is 3. The molecule has 1 amide bonds. The molecule has 8 nitrogen and oxygen atoms in total. The van der Waals surface area contributed by atoms with E-state index in [0.29, 0.717) is 22.7 Å². The van der Waals surface area contributed by atoms with Crippen LogP contribution in [0.15, 0.2) is 101 Å². The summed E-state index contributed by atoms with van der Waals surface area (Å²) in [5.41, 5.74) is 3.36. The van der Waals surface area contributed by atoms with Crippen LogP contribution in [0.25, 0.3) is 16.9 Å². The van der Waals surface area contributed by atoms with E-state index in [1.54, 1.807) is 24.3 Å². The molecular formula is C26H22N6O2S. The summed E-state index contributed by atoms with van der Waals surface area (Å²) in [6.07, 6.45) is 3.41. The van der Waals surface area contributed by atoms with Crippen LogP contribution in [-0.4, -0.2) is 37.6 Å². The molecule has 0 atom stereocenters. The Kier molecular flexibility index (Phi) is 6.32. The number of carbonyl (C=O) groups is 1. The van der Waals surface area contributed by atoms with E-state index < -0.39 is 0 Å². The van der Waals surface area contributed by atoms with Crippen molar-refractivity contribution in [2.24, 2.45) is 7.05 Å². The maximum absolute atomic E-state index is 13.4. The number of amides is 1. The highest BCUT2D eigenvalue weighted by Gasteiger charge is 2.19. The fourth-order valence-electron chi connectivity index (χ4n) is 3.51. The first-order valence-electron chi connectivity index (χ1n) is 10.8. The minimum absolute atomic E-state index is 0.251. The van der Waals surface area contributed by atoms with Crippen LogP contribution in [0.3, 0.4) is 0 Å². The summed E-state index contributed by atoms with van der Waals surface area (Å²) in [4.78, 5) is 14.4. The van der Waals surface area contributed by atoms with E-state index >= 15 is 0 Å². The second-order valence-electron chi connectivity index (χ2n) is 7.71. The van der Waals surface area contributed by atoms with Gasteiger partial charge in [0.15, 0.2) is 5.16 Å². The van der Waals surface area contributed by atoms with Gasteiger partial charge in [0.05, 0.1) is 18.4 Å². The number of nitrogens with zero attached hydrogens (tertiary/aromatic N) is 5. The highest BCUT2D eigenvalue weighted by Crippen LogP contribution is 2.29. The third-order valence-corrected chi connectivity index (χ3v) is 6.37. The normalized spacial score (nSPS) is 10.8. The SMILES string of the molecule is COc1cccc(-c2nn(-c3ccccc3)cc2C(=O)Nc2ccc(Sc3nncn3C)cc2)c1. The van der Waals surface area contributed by atoms with Crippen molar-refractivity contribution in [3.05, 3.63) is 97.0 Å². The zero-order valence-electron chi connectivity index (χ0n) is 19.1. The van der Waals surface area contributed by atoms with E-state index in [4.69, 9.17) is 9.84 Å². The lowest BCUT2D eigenvalue weighted by Crippen LogP contribution is -2.12. The lowest BCUT2D eigenvalue weighted by Gasteiger charge is -2.07. The van der Waals surface area contributed by atoms with Crippen molar-refractivity contribution < 1.29 is 9.53 Å². The summed E-state index contributed by atoms with van der Waals surface area (Å²) in [5, 5.41) is 16.5. The first-order chi connectivity index (χ1) is 17.1. The van der Waals surface area contributed by atoms with Crippen LogP contribution in [0.1, 0.15) is 10.4 Å². The van der Waals surface area contributed by atoms with Crippen LogP contribution >= 0.6 is 11.8 Å². The van der Waals surface area contributed by atoms with Gasteiger partial charge in [-0.1, -0.05) is 30.3 Å². The molecule has 3 aromatic carbocycles. The molecule has 2 aromatic heterocycles. The number of methoxy groups -OCH3 is 1. The number of rotatable bonds is 7. The molecule has 0 saturated carbocycles. The van der Waals surface area contributed by atoms with Gasteiger partial charge in [-0.25, -0.2) is 4.68 Å². The number of nitrogens with one attached hydrogen (secondary N) is 1. The molecule has 0 aliphatic carbocycles. The van der Waals surface area contributed by atoms with E-state index in [2.05, 4.69) is 15.5 Å². The molecule has 9 heteroatoms. The van der Waals surface area contributed by atoms with Gasteiger partial charge in [0.25, 0.3) is 5.91 Å². The molecule has 0 fully saturated rings. The summed E-state index contributed by atoms with van der Waals surface area (Å²) in [6.45, 7) is 0. The van der Waals surface area contributed by atoms with Gasteiger partial charge in [-0.15, -0.1) is 10.2 Å². The number of aryl methyl sites for hydroxylation is 1. The van der Waals surface area contributed by atoms with Crippen LogP contribution < -0.4 is 10.1 Å². The molecule has 0 bridgehead atoms. The zero-order chi connectivity index (χ0) is 24.2. The van der Waals surface area contributed by atoms with Gasteiger partial charge >= 0.3 is 0 Å². The standard InChI is InChI=1S/C26H22N6O2S/c1-31-17-27-29-26(31)35-22-13-11-19(12-14-22)28-25(33)23-16-32(20-8-4-3-5-9-20)30-24(23)18-7-6-10-21(15-18)34-2/h3-17H,1-2H3,(H,28,33). The number of aromatic nitrogens is 5. The monoisotopic (exact) mass is 482 g/mol. The fourth-order valence-corrected chi connectivity index (χ4v) is 4.27. The molecule has 5 aromatic rings. The van der Waals surface area contributed by atoms with Gasteiger partial charge in [-0.05, 0) is 60.3 Å². The number of hydrogen-bond donors (Lipinski definition) is 1. The van der Waals surface area contributed by atoms with E-state index in [-0.39, 0.29) is 5.91 Å². The third kappa shape index (κ3) is 4.95. The Balaban J connectivity index is 1.43. The quantitative estimate of drug-likeness (QED) is 0.348. The Morgan fingerprint density at radius 2 is 1.80 bits per heavy atom. The molecule has 5 rings (SSSR count). The molecule has 174 valence electrons. The van der Waals surface area contributed by atoms with Crippen LogP contribution in [0.4, 0.5) is 5.69 Å². The molecular weight excluding hydrogens is 460 g/mol. The van der Waals surface area contributed by atoms with Gasteiger partial charge in [0.1, 0.15) is 17.8 Å². The van der Waals surface area contributed by atoms with Crippen molar-refractivity contribution in [1.29, 1.82) is 0 Å². The van der Waals surface area contributed by atoms with E-state index in [0.717, 1.165) is 21.3 Å². The number of hydrogen-bond acceptors (Lipinski definition) is 6. The van der Waals surface area contributed by atoms with Crippen molar-refractivity contribution in [2.45, 2.75) is 10.1 Å². The summed E-state index contributed by atoms with van der Waals surface area (Å²) in [6, 6.07) is 24.8. The number of carbonyl (C=O) groups excluding carboxylic acids is 1. The molecule has 0 saturated heterocycles. The predicted octanol–water partition coefficient (Wildman–Crippen LogP) is 5.08. The molecule has 0 radical (unpaired) electrons. The molecule has 2 heterocycles. The Bertz CT molecular complexity index is 1460. The first kappa shape index (κ1) is 22.4. The van der Waals surface area contributed by atoms with Crippen molar-refractivity contribution in [3.63, 3.8) is 0 Å². The maximum atomic E-state index is 13.4. The largest absolute Gasteiger partial charge is 0.497 e. The number of ether oxygens (including phenoxy) is 1. The van der Waals surface area contributed by atoms with Crippen molar-refractivity contribution in [3.8, 4) is 22.7 Å². The van der Waals surface area contributed by atoms with Crippen LogP contribution in [0.5, 0.6) is 5.75 Å². The third-order valence-electron chi connectivity index (χ3n) is 5.31. The minimum atomic E-state index is -0.251. The molecule has 0 spiro atoms. The second-order valence-corrected chi connectivity index (χ2v) is 8.75. The van der Waals surface area contributed by atoms with E-state index in [1.165, 1.54) is 11.8 Å². The topological polar surface area (TPSA) is 86.9 Å². The lowest BCUT2D eigenvalue weighted by atomic mass is 10.1. The van der Waals surface area contributed by atoms with Gasteiger partial charge in [0, 0.05) is 29.4 Å². The van der Waals surface area contributed by atoms with Crippen LogP contribution in [0.2, 0.25) is 0 Å². The zero-order valence-corrected chi connectivity index (χ0v) is 19.9. The Morgan fingerprint density at radius 1 is 1.00 bits per heavy atom. The van der Waals surface area contributed by atoms with Crippen LogP contribution in [-0.2, 0) is 7.05 Å². The fraction of sp³-hybridized carbons (Fsp3) is 0.0769. The Morgan fingerprint density at radius 3 is 2.51 bits per heavy atom. The Hall–Kier alpha value is -4.37. The highest BCUT2D eigenvalue weighted by molar-refractivity contribution is 7.99. The average molecular weight is 483 g/mol. The summed E-state index contributed by atoms with van der Waals surface area (Å²) < 4.78 is 8.94. The van der Waals surface area contributed by atoms with Gasteiger partial charge in [-0.3, -0.25) is 4.79 Å². The number of para-hydroxylation sites is 1. The molecule has 0 unspecified atom stereocenters. The lowest BCUT2D eigenvalue weighted by molar-refractivity contribution is 0.102. The molecule has 0 aliphatic heterocycles.